The number of aromatic carboxylic acids is 1. The predicted molar refractivity (Wildman–Crippen MR) is 72.6 cm³/mol. The van der Waals surface area contributed by atoms with Crippen LogP contribution in [0, 0.1) is 0 Å². The molecule has 1 rings (SSSR count). The van der Waals surface area contributed by atoms with Crippen molar-refractivity contribution in [1.82, 2.24) is 0 Å². The van der Waals surface area contributed by atoms with Gasteiger partial charge in [-0.2, -0.15) is 0 Å². The van der Waals surface area contributed by atoms with Gasteiger partial charge < -0.3 is 24.4 Å². The molecule has 1 atom stereocenters. The van der Waals surface area contributed by atoms with Crippen molar-refractivity contribution in [1.29, 1.82) is 0 Å². The maximum Gasteiger partial charge on any atom is 0.339 e. The topological polar surface area (TPSA) is 85.2 Å². The summed E-state index contributed by atoms with van der Waals surface area (Å²) in [5.74, 6) is -1.11. The quantitative estimate of drug-likeness (QED) is 0.672. The van der Waals surface area contributed by atoms with Crippen molar-refractivity contribution in [3.8, 4) is 5.75 Å². The largest absolute Gasteiger partial charge is 0.488 e. The highest BCUT2D eigenvalue weighted by atomic mass is 35.5. The second-order valence-corrected chi connectivity index (χ2v) is 4.36. The van der Waals surface area contributed by atoms with Crippen molar-refractivity contribution in [2.24, 2.45) is 0 Å². The van der Waals surface area contributed by atoms with Crippen molar-refractivity contribution in [2.75, 3.05) is 33.5 Å². The maximum atomic E-state index is 11.0. The van der Waals surface area contributed by atoms with E-state index in [1.165, 1.54) is 18.2 Å². The van der Waals surface area contributed by atoms with Gasteiger partial charge in [0, 0.05) is 7.11 Å². The van der Waals surface area contributed by atoms with Crippen LogP contribution in [0.5, 0.6) is 5.75 Å². The Morgan fingerprint density at radius 3 is 2.75 bits per heavy atom. The van der Waals surface area contributed by atoms with Gasteiger partial charge in [-0.15, -0.1) is 0 Å². The first-order valence-electron chi connectivity index (χ1n) is 5.95. The molecule has 0 heterocycles. The Morgan fingerprint density at radius 1 is 1.35 bits per heavy atom. The molecule has 1 aromatic rings. The molecule has 0 saturated carbocycles. The maximum absolute atomic E-state index is 11.0. The summed E-state index contributed by atoms with van der Waals surface area (Å²) in [5, 5.41) is 18.8. The third kappa shape index (κ3) is 5.34. The van der Waals surface area contributed by atoms with Gasteiger partial charge in [0.2, 0.25) is 0 Å². The predicted octanol–water partition coefficient (Wildman–Crippen LogP) is 1.44. The Bertz CT molecular complexity index is 437. The first-order valence-corrected chi connectivity index (χ1v) is 6.33. The van der Waals surface area contributed by atoms with Crippen LogP contribution in [0.1, 0.15) is 10.4 Å². The first-order chi connectivity index (χ1) is 9.56. The number of halogens is 1. The summed E-state index contributed by atoms with van der Waals surface area (Å²) >= 11 is 5.88. The van der Waals surface area contributed by atoms with Crippen LogP contribution < -0.4 is 4.74 Å². The molecule has 1 unspecified atom stereocenters. The van der Waals surface area contributed by atoms with E-state index in [2.05, 4.69) is 0 Å². The SMILES string of the molecule is COCCOCC(O)COc1c(Cl)cccc1C(=O)O. The van der Waals surface area contributed by atoms with Gasteiger partial charge >= 0.3 is 5.97 Å². The summed E-state index contributed by atoms with van der Waals surface area (Å²) in [7, 11) is 1.55. The Hall–Kier alpha value is -1.34. The van der Waals surface area contributed by atoms with Gasteiger partial charge in [-0.1, -0.05) is 17.7 Å². The Kier molecular flexibility index (Phi) is 7.32. The number of hydrogen-bond acceptors (Lipinski definition) is 5. The van der Waals surface area contributed by atoms with Crippen LogP contribution in [0.25, 0.3) is 0 Å². The molecule has 0 aliphatic carbocycles. The molecule has 0 saturated heterocycles. The van der Waals surface area contributed by atoms with Gasteiger partial charge in [0.1, 0.15) is 18.3 Å². The van der Waals surface area contributed by atoms with E-state index < -0.39 is 12.1 Å². The third-order valence-corrected chi connectivity index (χ3v) is 2.66. The fourth-order valence-electron chi connectivity index (χ4n) is 1.41. The lowest BCUT2D eigenvalue weighted by molar-refractivity contribution is -0.00437. The molecule has 0 amide bonds. The summed E-state index contributed by atoms with van der Waals surface area (Å²) in [6, 6.07) is 4.42. The van der Waals surface area contributed by atoms with Gasteiger partial charge in [-0.3, -0.25) is 0 Å². The monoisotopic (exact) mass is 304 g/mol. The minimum atomic E-state index is -1.15. The number of carbonyl (C=O) groups is 1. The zero-order chi connectivity index (χ0) is 15.0. The average Bonchev–Trinajstić information content (AvgIpc) is 2.42. The molecule has 7 heteroatoms. The molecular weight excluding hydrogens is 288 g/mol. The van der Waals surface area contributed by atoms with Crippen molar-refractivity contribution in [3.63, 3.8) is 0 Å². The number of aliphatic hydroxyl groups excluding tert-OH is 1. The molecule has 0 bridgehead atoms. The number of benzene rings is 1. The van der Waals surface area contributed by atoms with E-state index in [0.29, 0.717) is 13.2 Å². The molecule has 0 aromatic heterocycles. The molecule has 0 fully saturated rings. The van der Waals surface area contributed by atoms with Crippen molar-refractivity contribution in [2.45, 2.75) is 6.10 Å². The molecule has 20 heavy (non-hydrogen) atoms. The highest BCUT2D eigenvalue weighted by Crippen LogP contribution is 2.28. The van der Waals surface area contributed by atoms with Gasteiger partial charge in [-0.25, -0.2) is 4.79 Å². The molecule has 0 radical (unpaired) electrons. The summed E-state index contributed by atoms with van der Waals surface area (Å²) in [6.07, 6.45) is -0.884. The number of methoxy groups -OCH3 is 1. The highest BCUT2D eigenvalue weighted by Gasteiger charge is 2.16. The zero-order valence-electron chi connectivity index (χ0n) is 11.0. The second kappa shape index (κ2) is 8.76. The van der Waals surface area contributed by atoms with E-state index in [4.69, 9.17) is 30.9 Å². The highest BCUT2D eigenvalue weighted by molar-refractivity contribution is 6.32. The number of rotatable bonds is 9. The standard InChI is InChI=1S/C13H17ClO6/c1-18-5-6-19-7-9(15)8-20-12-10(13(16)17)3-2-4-11(12)14/h2-4,9,15H,5-8H2,1H3,(H,16,17). The molecule has 2 N–H and O–H groups in total. The van der Waals surface area contributed by atoms with Gasteiger partial charge in [-0.05, 0) is 12.1 Å². The van der Waals surface area contributed by atoms with Gasteiger partial charge in [0.15, 0.2) is 5.75 Å². The Morgan fingerprint density at radius 2 is 2.10 bits per heavy atom. The van der Waals surface area contributed by atoms with Crippen molar-refractivity contribution in [3.05, 3.63) is 28.8 Å². The van der Waals surface area contributed by atoms with E-state index in [0.717, 1.165) is 0 Å². The fourth-order valence-corrected chi connectivity index (χ4v) is 1.64. The van der Waals surface area contributed by atoms with Gasteiger partial charge in [0.25, 0.3) is 0 Å². The van der Waals surface area contributed by atoms with E-state index >= 15 is 0 Å². The van der Waals surface area contributed by atoms with E-state index in [1.54, 1.807) is 7.11 Å². The first kappa shape index (κ1) is 16.7. The van der Waals surface area contributed by atoms with Crippen LogP contribution in [-0.2, 0) is 9.47 Å². The number of carboxylic acids is 1. The lowest BCUT2D eigenvalue weighted by Gasteiger charge is -2.15. The Balaban J connectivity index is 2.50. The van der Waals surface area contributed by atoms with Crippen LogP contribution in [0.2, 0.25) is 5.02 Å². The van der Waals surface area contributed by atoms with Crippen LogP contribution in [0.15, 0.2) is 18.2 Å². The average molecular weight is 305 g/mol. The number of para-hydroxylation sites is 1. The smallest absolute Gasteiger partial charge is 0.339 e. The lowest BCUT2D eigenvalue weighted by atomic mass is 10.2. The number of aliphatic hydroxyl groups is 1. The summed E-state index contributed by atoms with van der Waals surface area (Å²) in [4.78, 5) is 11.0. The van der Waals surface area contributed by atoms with Crippen molar-refractivity contribution < 1.29 is 29.2 Å². The van der Waals surface area contributed by atoms with E-state index in [1.807, 2.05) is 0 Å². The fraction of sp³-hybridized carbons (Fsp3) is 0.462. The normalized spacial score (nSPS) is 12.2. The number of carboxylic acid groups (broad SMARTS) is 1. The molecule has 0 aliphatic heterocycles. The van der Waals surface area contributed by atoms with Crippen molar-refractivity contribution >= 4 is 17.6 Å². The summed E-state index contributed by atoms with van der Waals surface area (Å²) in [6.45, 7) is 0.745. The molecule has 112 valence electrons. The van der Waals surface area contributed by atoms with E-state index in [-0.39, 0.29) is 29.5 Å². The Labute approximate surface area is 121 Å². The summed E-state index contributed by atoms with van der Waals surface area (Å²) in [5.41, 5.74) is -0.0509. The minimum absolute atomic E-state index is 0.0395. The van der Waals surface area contributed by atoms with Crippen LogP contribution in [-0.4, -0.2) is 55.8 Å². The van der Waals surface area contributed by atoms with Gasteiger partial charge in [0.05, 0.1) is 24.8 Å². The lowest BCUT2D eigenvalue weighted by Crippen LogP contribution is -2.25. The number of ether oxygens (including phenoxy) is 3. The molecule has 6 nitrogen and oxygen atoms in total. The molecule has 0 spiro atoms. The molecule has 1 aromatic carbocycles. The zero-order valence-corrected chi connectivity index (χ0v) is 11.8. The van der Waals surface area contributed by atoms with E-state index in [9.17, 15) is 9.90 Å². The van der Waals surface area contributed by atoms with Crippen LogP contribution >= 0.6 is 11.6 Å². The summed E-state index contributed by atoms with van der Waals surface area (Å²) < 4.78 is 15.2. The molecular formula is C13H17ClO6. The second-order valence-electron chi connectivity index (χ2n) is 3.95. The molecule has 0 aliphatic rings. The number of hydrogen-bond donors (Lipinski definition) is 2. The van der Waals surface area contributed by atoms with Crippen LogP contribution in [0.3, 0.4) is 0 Å². The van der Waals surface area contributed by atoms with Crippen LogP contribution in [0.4, 0.5) is 0 Å². The third-order valence-electron chi connectivity index (χ3n) is 2.36. The minimum Gasteiger partial charge on any atom is -0.488 e.